The molecule has 70 valence electrons. The van der Waals surface area contributed by atoms with Gasteiger partial charge in [0.1, 0.15) is 0 Å². The number of carboxylic acid groups (broad SMARTS) is 1. The number of nitrogens with one attached hydrogen (secondary N) is 1. The maximum absolute atomic E-state index is 11.7. The third kappa shape index (κ3) is 2.12. The highest BCUT2D eigenvalue weighted by atomic mass is 19.3. The van der Waals surface area contributed by atoms with Crippen LogP contribution >= 0.6 is 0 Å². The van der Waals surface area contributed by atoms with Crippen molar-refractivity contribution >= 4 is 5.97 Å². The molecule has 12 heavy (non-hydrogen) atoms. The second-order valence-electron chi connectivity index (χ2n) is 2.54. The number of hydrogen-bond acceptors (Lipinski definition) is 3. The first-order chi connectivity index (χ1) is 5.61. The Labute approximate surface area is 67.5 Å². The van der Waals surface area contributed by atoms with Gasteiger partial charge in [-0.2, -0.15) is 8.78 Å². The lowest BCUT2D eigenvalue weighted by Gasteiger charge is -2.14. The Kier molecular flexibility index (Phi) is 2.93. The number of aliphatic carboxylic acids is 1. The normalized spacial score (nSPS) is 29.6. The average Bonchev–Trinajstić information content (AvgIpc) is 2.33. The molecule has 2 N–H and O–H groups in total. The molecular weight excluding hydrogens is 172 g/mol. The van der Waals surface area contributed by atoms with Gasteiger partial charge in [0.25, 0.3) is 0 Å². The zero-order valence-electron chi connectivity index (χ0n) is 6.17. The third-order valence-corrected chi connectivity index (χ3v) is 1.75. The maximum Gasteiger partial charge on any atom is 0.345 e. The predicted molar refractivity (Wildman–Crippen MR) is 34.9 cm³/mol. The molecular formula is C6H9F2NO3. The van der Waals surface area contributed by atoms with Crippen LogP contribution in [-0.2, 0) is 9.53 Å². The van der Waals surface area contributed by atoms with Gasteiger partial charge in [-0.25, -0.2) is 0 Å². The number of hydrogen-bond donors (Lipinski definition) is 2. The minimum absolute atomic E-state index is 0.168. The van der Waals surface area contributed by atoms with Crippen LogP contribution in [0.2, 0.25) is 0 Å². The smallest absolute Gasteiger partial charge is 0.345 e. The Morgan fingerprint density at radius 2 is 2.25 bits per heavy atom. The van der Waals surface area contributed by atoms with E-state index in [2.05, 4.69) is 10.1 Å². The number of halogens is 2. The number of carbonyl (C=O) groups is 1. The number of ether oxygens (including phenoxy) is 1. The highest BCUT2D eigenvalue weighted by Crippen LogP contribution is 2.15. The van der Waals surface area contributed by atoms with Gasteiger partial charge in [-0.15, -0.1) is 0 Å². The summed E-state index contributed by atoms with van der Waals surface area (Å²) in [6, 6.07) is 0. The Balaban J connectivity index is 2.46. The van der Waals surface area contributed by atoms with Crippen LogP contribution in [0.4, 0.5) is 8.78 Å². The van der Waals surface area contributed by atoms with E-state index in [1.807, 2.05) is 0 Å². The molecule has 0 radical (unpaired) electrons. The molecule has 6 heteroatoms. The van der Waals surface area contributed by atoms with E-state index in [1.54, 1.807) is 0 Å². The molecule has 1 heterocycles. The quantitative estimate of drug-likeness (QED) is 0.638. The topological polar surface area (TPSA) is 58.6 Å². The minimum Gasteiger partial charge on any atom is -0.481 e. The van der Waals surface area contributed by atoms with Crippen molar-refractivity contribution in [1.29, 1.82) is 0 Å². The molecule has 0 aromatic rings. The average molecular weight is 181 g/mol. The van der Waals surface area contributed by atoms with Crippen LogP contribution < -0.4 is 5.32 Å². The summed E-state index contributed by atoms with van der Waals surface area (Å²) in [6.07, 6.45) is -0.914. The molecule has 1 aliphatic rings. The second-order valence-corrected chi connectivity index (χ2v) is 2.54. The molecule has 4 nitrogen and oxygen atoms in total. The number of alkyl halides is 2. The summed E-state index contributed by atoms with van der Waals surface area (Å²) < 4.78 is 27.5. The predicted octanol–water partition coefficient (Wildman–Crippen LogP) is -0.102. The molecule has 0 spiro atoms. The first-order valence-corrected chi connectivity index (χ1v) is 3.48. The standard InChI is InChI=1S/C6H9F2NO3/c7-6(8)12-4-2-9-1-3(4)5(10)11/h3-4,6,9H,1-2H2,(H,10,11)/t3-,4-/m0/s1. The highest BCUT2D eigenvalue weighted by molar-refractivity contribution is 5.71. The molecule has 0 unspecified atom stereocenters. The third-order valence-electron chi connectivity index (χ3n) is 1.75. The van der Waals surface area contributed by atoms with Crippen molar-refractivity contribution in [3.63, 3.8) is 0 Å². The van der Waals surface area contributed by atoms with Crippen molar-refractivity contribution in [3.05, 3.63) is 0 Å². The van der Waals surface area contributed by atoms with Crippen LogP contribution in [0.1, 0.15) is 0 Å². The molecule has 0 bridgehead atoms. The molecule has 1 rings (SSSR count). The largest absolute Gasteiger partial charge is 0.481 e. The van der Waals surface area contributed by atoms with Crippen molar-refractivity contribution in [3.8, 4) is 0 Å². The van der Waals surface area contributed by atoms with E-state index in [1.165, 1.54) is 0 Å². The lowest BCUT2D eigenvalue weighted by molar-refractivity contribution is -0.176. The molecule has 2 atom stereocenters. The fourth-order valence-corrected chi connectivity index (χ4v) is 1.18. The second kappa shape index (κ2) is 3.77. The van der Waals surface area contributed by atoms with Gasteiger partial charge >= 0.3 is 12.6 Å². The molecule has 0 aliphatic carbocycles. The van der Waals surface area contributed by atoms with Crippen LogP contribution in [-0.4, -0.2) is 36.9 Å². The molecule has 0 aromatic heterocycles. The highest BCUT2D eigenvalue weighted by Gasteiger charge is 2.35. The van der Waals surface area contributed by atoms with Crippen LogP contribution in [0.15, 0.2) is 0 Å². The summed E-state index contributed by atoms with van der Waals surface area (Å²) in [7, 11) is 0. The van der Waals surface area contributed by atoms with Gasteiger partial charge in [0.15, 0.2) is 0 Å². The van der Waals surface area contributed by atoms with E-state index in [0.29, 0.717) is 0 Å². The summed E-state index contributed by atoms with van der Waals surface area (Å²) in [5.41, 5.74) is 0. The van der Waals surface area contributed by atoms with Crippen LogP contribution in [0.5, 0.6) is 0 Å². The molecule has 0 saturated carbocycles. The summed E-state index contributed by atoms with van der Waals surface area (Å²) >= 11 is 0. The molecule has 0 amide bonds. The van der Waals surface area contributed by atoms with Gasteiger partial charge in [-0.1, -0.05) is 0 Å². The minimum atomic E-state index is -2.91. The fourth-order valence-electron chi connectivity index (χ4n) is 1.18. The summed E-state index contributed by atoms with van der Waals surface area (Å²) in [6.45, 7) is -2.55. The van der Waals surface area contributed by atoms with Gasteiger partial charge in [-0.05, 0) is 0 Å². The Hall–Kier alpha value is -0.750. The summed E-state index contributed by atoms with van der Waals surface area (Å²) in [5.74, 6) is -1.97. The monoisotopic (exact) mass is 181 g/mol. The van der Waals surface area contributed by atoms with Gasteiger partial charge in [0.05, 0.1) is 12.0 Å². The van der Waals surface area contributed by atoms with Crippen LogP contribution in [0, 0.1) is 5.92 Å². The lowest BCUT2D eigenvalue weighted by atomic mass is 10.1. The van der Waals surface area contributed by atoms with Gasteiger partial charge in [0.2, 0.25) is 0 Å². The van der Waals surface area contributed by atoms with E-state index in [4.69, 9.17) is 5.11 Å². The van der Waals surface area contributed by atoms with Crippen molar-refractivity contribution in [2.45, 2.75) is 12.7 Å². The van der Waals surface area contributed by atoms with Crippen molar-refractivity contribution in [2.24, 2.45) is 5.92 Å². The molecule has 1 saturated heterocycles. The van der Waals surface area contributed by atoms with Gasteiger partial charge in [-0.3, -0.25) is 4.79 Å². The number of rotatable bonds is 3. The van der Waals surface area contributed by atoms with E-state index in [-0.39, 0.29) is 13.1 Å². The van der Waals surface area contributed by atoms with Crippen LogP contribution in [0.3, 0.4) is 0 Å². The van der Waals surface area contributed by atoms with Crippen molar-refractivity contribution in [2.75, 3.05) is 13.1 Å². The zero-order valence-corrected chi connectivity index (χ0v) is 6.17. The molecule has 1 fully saturated rings. The first-order valence-electron chi connectivity index (χ1n) is 3.48. The zero-order chi connectivity index (χ0) is 9.14. The Morgan fingerprint density at radius 1 is 1.58 bits per heavy atom. The fraction of sp³-hybridized carbons (Fsp3) is 0.833. The first kappa shape index (κ1) is 9.34. The van der Waals surface area contributed by atoms with Crippen LogP contribution in [0.25, 0.3) is 0 Å². The van der Waals surface area contributed by atoms with E-state index >= 15 is 0 Å². The Morgan fingerprint density at radius 3 is 2.75 bits per heavy atom. The molecule has 0 aromatic carbocycles. The number of carboxylic acids is 1. The van der Waals surface area contributed by atoms with E-state index < -0.39 is 24.6 Å². The molecule has 1 aliphatic heterocycles. The lowest BCUT2D eigenvalue weighted by Crippen LogP contribution is -2.30. The maximum atomic E-state index is 11.7. The van der Waals surface area contributed by atoms with Gasteiger partial charge in [0, 0.05) is 13.1 Å². The van der Waals surface area contributed by atoms with E-state index in [0.717, 1.165) is 0 Å². The summed E-state index contributed by atoms with van der Waals surface area (Å²) in [5, 5.41) is 11.2. The Bertz CT molecular complexity index is 176. The van der Waals surface area contributed by atoms with E-state index in [9.17, 15) is 13.6 Å². The SMILES string of the molecule is O=C(O)[C@H]1CNC[C@@H]1OC(F)F. The van der Waals surface area contributed by atoms with Crippen molar-refractivity contribution < 1.29 is 23.4 Å². The summed E-state index contributed by atoms with van der Waals surface area (Å²) in [4.78, 5) is 10.4. The van der Waals surface area contributed by atoms with Crippen molar-refractivity contribution in [1.82, 2.24) is 5.32 Å². The van der Waals surface area contributed by atoms with Gasteiger partial charge < -0.3 is 15.2 Å².